The number of amides is 2. The second-order valence-electron chi connectivity index (χ2n) is 18.4. The Labute approximate surface area is 486 Å². The number of nitrogens with zero attached hydrogens (tertiary/aromatic N) is 5. The molecule has 0 radical (unpaired) electrons. The Hall–Kier alpha value is -9.48. The number of nitrogens with one attached hydrogen (secondary N) is 2. The molecule has 0 atom stereocenters. The lowest BCUT2D eigenvalue weighted by atomic mass is 10.0. The zero-order valence-electron chi connectivity index (χ0n) is 44.4. The average molecular weight is 1160 g/mol. The molecule has 11 rings (SSSR count). The molecular formula is C63H52Cl3N7O9. The number of aromatic nitrogens is 5. The summed E-state index contributed by atoms with van der Waals surface area (Å²) in [6, 6.07) is 41.3. The zero-order chi connectivity index (χ0) is 57.9. The van der Waals surface area contributed by atoms with E-state index in [0.717, 1.165) is 78.9 Å². The Morgan fingerprint density at radius 1 is 0.500 bits per heavy atom. The minimum atomic E-state index is -1.14. The van der Waals surface area contributed by atoms with Gasteiger partial charge in [0.15, 0.2) is 0 Å². The highest BCUT2D eigenvalue weighted by atomic mass is 35.5. The molecule has 1 aliphatic rings. The molecule has 5 aromatic carbocycles. The topological polar surface area (TPSA) is 209 Å². The van der Waals surface area contributed by atoms with Crippen LogP contribution in [0.25, 0.3) is 49.6 Å². The van der Waals surface area contributed by atoms with Crippen LogP contribution in [0.5, 0.6) is 17.2 Å². The first-order chi connectivity index (χ1) is 39.7. The van der Waals surface area contributed by atoms with Crippen LogP contribution in [0.2, 0.25) is 15.5 Å². The van der Waals surface area contributed by atoms with Crippen molar-refractivity contribution in [2.45, 2.75) is 19.5 Å². The van der Waals surface area contributed by atoms with E-state index in [4.69, 9.17) is 49.0 Å². The van der Waals surface area contributed by atoms with Gasteiger partial charge in [-0.3, -0.25) is 9.59 Å². The molecule has 82 heavy (non-hydrogen) atoms. The molecule has 19 heteroatoms. The molecule has 10 aromatic rings. The summed E-state index contributed by atoms with van der Waals surface area (Å²) >= 11 is 18.2. The summed E-state index contributed by atoms with van der Waals surface area (Å²) in [7, 11) is 4.92. The van der Waals surface area contributed by atoms with Gasteiger partial charge < -0.3 is 44.2 Å². The van der Waals surface area contributed by atoms with Crippen molar-refractivity contribution in [1.82, 2.24) is 34.7 Å². The lowest BCUT2D eigenvalue weighted by molar-refractivity contribution is 0.0682. The van der Waals surface area contributed by atoms with Gasteiger partial charge in [-0.2, -0.15) is 0 Å². The predicted molar refractivity (Wildman–Crippen MR) is 318 cm³/mol. The van der Waals surface area contributed by atoms with Crippen LogP contribution in [0.1, 0.15) is 58.1 Å². The van der Waals surface area contributed by atoms with Crippen LogP contribution in [-0.4, -0.2) is 92.5 Å². The van der Waals surface area contributed by atoms with Gasteiger partial charge in [0.05, 0.1) is 54.6 Å². The maximum absolute atomic E-state index is 12.5. The molecule has 0 spiro atoms. The number of hydrogen-bond acceptors (Lipinski definition) is 10. The van der Waals surface area contributed by atoms with Gasteiger partial charge >= 0.3 is 11.9 Å². The number of methoxy groups -OCH3 is 3. The Bertz CT molecular complexity index is 3860. The average Bonchev–Trinajstić information content (AvgIpc) is 4.25. The number of carbonyl (C=O) groups is 4. The fourth-order valence-corrected chi connectivity index (χ4v) is 9.99. The smallest absolute Gasteiger partial charge is 0.336 e. The van der Waals surface area contributed by atoms with Crippen molar-refractivity contribution in [3.8, 4) is 39.5 Å². The predicted octanol–water partition coefficient (Wildman–Crippen LogP) is 12.7. The molecule has 1 aliphatic carbocycles. The minimum absolute atomic E-state index is 0.0328. The number of fused-ring (bicyclic) bond motifs is 3. The van der Waals surface area contributed by atoms with Crippen molar-refractivity contribution in [2.75, 3.05) is 34.4 Å². The van der Waals surface area contributed by atoms with E-state index in [1.54, 1.807) is 70.1 Å². The Kier molecular flexibility index (Phi) is 18.3. The van der Waals surface area contributed by atoms with Crippen molar-refractivity contribution in [1.29, 1.82) is 0 Å². The fraction of sp³-hybridized carbons (Fsp3) is 0.127. The molecule has 0 aliphatic heterocycles. The van der Waals surface area contributed by atoms with E-state index in [0.29, 0.717) is 41.6 Å². The molecule has 4 N–H and O–H groups in total. The largest absolute Gasteiger partial charge is 0.497 e. The fourth-order valence-electron chi connectivity index (χ4n) is 9.50. The summed E-state index contributed by atoms with van der Waals surface area (Å²) in [5, 5.41) is 27.3. The lowest BCUT2D eigenvalue weighted by Gasteiger charge is -2.09. The first kappa shape index (κ1) is 57.2. The number of carbonyl (C=O) groups excluding carboxylic acids is 2. The number of halogens is 3. The molecule has 0 saturated carbocycles. The molecular weight excluding hydrogens is 1110 g/mol. The van der Waals surface area contributed by atoms with Crippen molar-refractivity contribution >= 4 is 85.9 Å². The van der Waals surface area contributed by atoms with Gasteiger partial charge in [0.25, 0.3) is 11.8 Å². The van der Waals surface area contributed by atoms with Gasteiger partial charge in [0.2, 0.25) is 0 Å². The highest BCUT2D eigenvalue weighted by molar-refractivity contribution is 6.30. The van der Waals surface area contributed by atoms with Crippen LogP contribution in [0.3, 0.4) is 0 Å². The van der Waals surface area contributed by atoms with E-state index >= 15 is 0 Å². The summed E-state index contributed by atoms with van der Waals surface area (Å²) in [4.78, 5) is 60.4. The van der Waals surface area contributed by atoms with Crippen molar-refractivity contribution in [3.05, 3.63) is 231 Å². The third-order valence-electron chi connectivity index (χ3n) is 13.5. The molecule has 0 bridgehead atoms. The zero-order valence-corrected chi connectivity index (χ0v) is 46.7. The van der Waals surface area contributed by atoms with Gasteiger partial charge in [0.1, 0.15) is 32.7 Å². The van der Waals surface area contributed by atoms with Crippen molar-refractivity contribution in [3.63, 3.8) is 0 Å². The number of aromatic carboxylic acids is 2. The molecule has 5 heterocycles. The van der Waals surface area contributed by atoms with Gasteiger partial charge in [-0.1, -0.05) is 102 Å². The number of ether oxygens (including phenoxy) is 3. The molecule has 16 nitrogen and oxygen atoms in total. The van der Waals surface area contributed by atoms with Gasteiger partial charge in [-0.15, -0.1) is 0 Å². The van der Waals surface area contributed by atoms with E-state index in [-0.39, 0.29) is 22.3 Å². The number of pyridine rings is 3. The first-order valence-electron chi connectivity index (χ1n) is 25.5. The minimum Gasteiger partial charge on any atom is -0.497 e. The molecule has 414 valence electrons. The summed E-state index contributed by atoms with van der Waals surface area (Å²) < 4.78 is 19.9. The number of allylic oxidation sites excluding steroid dienone is 1. The van der Waals surface area contributed by atoms with Crippen LogP contribution in [-0.2, 0) is 19.5 Å². The van der Waals surface area contributed by atoms with E-state index in [1.165, 1.54) is 35.4 Å². The molecule has 0 fully saturated rings. The normalized spacial score (nSPS) is 11.3. The number of carboxylic acid groups (broad SMARTS) is 2. The van der Waals surface area contributed by atoms with E-state index < -0.39 is 23.8 Å². The van der Waals surface area contributed by atoms with E-state index in [9.17, 15) is 29.4 Å². The Morgan fingerprint density at radius 2 is 0.902 bits per heavy atom. The van der Waals surface area contributed by atoms with Crippen LogP contribution >= 0.6 is 34.8 Å². The van der Waals surface area contributed by atoms with E-state index in [2.05, 4.69) is 37.7 Å². The third kappa shape index (κ3) is 13.2. The van der Waals surface area contributed by atoms with Gasteiger partial charge in [0, 0.05) is 84.6 Å². The maximum atomic E-state index is 12.5. The summed E-state index contributed by atoms with van der Waals surface area (Å²) in [5.41, 5.74) is 10.5. The number of hydrogen-bond donors (Lipinski definition) is 4. The van der Waals surface area contributed by atoms with Crippen LogP contribution in [0.15, 0.2) is 177 Å². The standard InChI is InChI=1S/2C24H20ClN3O4.C15H12ClNO/c2*1-32-16-6-4-5-15(11-16)20-14-28(21-12-22(25)27-13-19(20)21)10-9-26-23(29)17-7-2-3-8-18(17)24(30)31;1-18-12-4-2-3-10(7-12)13-6-5-11-8-15(16)17-9-14(11)13/h2*2-8,11-14H,9-10H2,1H3,(H,26,29)(H,30,31);2-4,6-9H,5H2,1H3. The number of benzene rings is 5. The Morgan fingerprint density at radius 3 is 1.34 bits per heavy atom. The monoisotopic (exact) mass is 1160 g/mol. The summed E-state index contributed by atoms with van der Waals surface area (Å²) in [6.07, 6.45) is 12.4. The first-order valence-corrected chi connectivity index (χ1v) is 26.6. The molecule has 2 amide bonds. The van der Waals surface area contributed by atoms with E-state index in [1.807, 2.05) is 101 Å². The van der Waals surface area contributed by atoms with Crippen molar-refractivity contribution < 1.29 is 43.6 Å². The molecule has 0 unspecified atom stereocenters. The lowest BCUT2D eigenvalue weighted by Crippen LogP contribution is -2.28. The molecule has 0 saturated heterocycles. The van der Waals surface area contributed by atoms with Gasteiger partial charge in [-0.05, 0) is 113 Å². The SMILES string of the molecule is COc1cccc(-c2cn(CCNC(=O)c3ccccc3C(=O)O)c3cc(Cl)ncc23)c1.COc1cccc(-c2cn(CCNC(=O)c3ccccc3C(=O)O)c3cc(Cl)ncc23)c1.COc1cccc(C2=CCc3cc(Cl)ncc32)c1. The second-order valence-corrected chi connectivity index (χ2v) is 19.6. The number of rotatable bonds is 16. The quantitative estimate of drug-likeness (QED) is 0.0666. The molecule has 5 aromatic heterocycles. The summed E-state index contributed by atoms with van der Waals surface area (Å²) in [6.45, 7) is 1.52. The van der Waals surface area contributed by atoms with Crippen LogP contribution < -0.4 is 24.8 Å². The second kappa shape index (κ2) is 26.2. The van der Waals surface area contributed by atoms with Crippen molar-refractivity contribution in [2.24, 2.45) is 0 Å². The van der Waals surface area contributed by atoms with Crippen LogP contribution in [0, 0.1) is 0 Å². The Balaban J connectivity index is 0.000000154. The highest BCUT2D eigenvalue weighted by Crippen LogP contribution is 2.36. The highest BCUT2D eigenvalue weighted by Gasteiger charge is 2.20. The third-order valence-corrected chi connectivity index (χ3v) is 14.1. The summed E-state index contributed by atoms with van der Waals surface area (Å²) in [5.74, 6) is -0.804. The maximum Gasteiger partial charge on any atom is 0.336 e. The number of carboxylic acids is 2. The van der Waals surface area contributed by atoms with Crippen LogP contribution in [0.4, 0.5) is 0 Å². The van der Waals surface area contributed by atoms with Gasteiger partial charge in [-0.25, -0.2) is 24.5 Å².